The van der Waals surface area contributed by atoms with E-state index in [0.29, 0.717) is 28.3 Å². The summed E-state index contributed by atoms with van der Waals surface area (Å²) in [7, 11) is -7.70. The first-order valence-electron chi connectivity index (χ1n) is 13.9. The lowest BCUT2D eigenvalue weighted by Gasteiger charge is -2.36. The topological polar surface area (TPSA) is 178 Å². The van der Waals surface area contributed by atoms with Crippen LogP contribution in [-0.2, 0) is 26.6 Å². The van der Waals surface area contributed by atoms with Gasteiger partial charge < -0.3 is 15.5 Å². The standard InChI is InChI=1S/C29H37N7O5S2/c1-2-3-15-35-16-18-36(19-17-35)28(30)23-5-4-6-25(20-23)34-29(37)33-24-9-13-27(14-10-24)43(40,41)32-21-22-7-11-26(12-8-22)42(31,38)39/h4-14,20,30,32H,2-3,15-19,21H2,1H3,(H2,31,38,39)(H2,33,34,37). The van der Waals surface area contributed by atoms with Crippen molar-refractivity contribution in [3.8, 4) is 0 Å². The average molecular weight is 628 g/mol. The molecule has 6 N–H and O–H groups in total. The first-order valence-corrected chi connectivity index (χ1v) is 16.9. The van der Waals surface area contributed by atoms with Crippen molar-refractivity contribution < 1.29 is 21.6 Å². The lowest BCUT2D eigenvalue weighted by atomic mass is 10.1. The minimum Gasteiger partial charge on any atom is -0.354 e. The first kappa shape index (κ1) is 32.1. The smallest absolute Gasteiger partial charge is 0.323 e. The second-order valence-electron chi connectivity index (χ2n) is 10.2. The number of hydrogen-bond acceptors (Lipinski definition) is 7. The van der Waals surface area contributed by atoms with Crippen LogP contribution in [0.25, 0.3) is 0 Å². The Bertz CT molecular complexity index is 1640. The van der Waals surface area contributed by atoms with E-state index in [9.17, 15) is 21.6 Å². The van der Waals surface area contributed by atoms with E-state index in [0.717, 1.165) is 32.7 Å². The number of carbonyl (C=O) groups is 1. The molecule has 1 aliphatic heterocycles. The maximum absolute atomic E-state index is 12.7. The maximum atomic E-state index is 12.7. The van der Waals surface area contributed by atoms with Crippen LogP contribution in [0.4, 0.5) is 16.2 Å². The predicted octanol–water partition coefficient (Wildman–Crippen LogP) is 3.20. The second kappa shape index (κ2) is 14.1. The molecule has 2 amide bonds. The number of nitrogens with one attached hydrogen (secondary N) is 4. The van der Waals surface area contributed by atoms with Gasteiger partial charge in [-0.15, -0.1) is 0 Å². The van der Waals surface area contributed by atoms with Crippen LogP contribution in [0.1, 0.15) is 30.9 Å². The maximum Gasteiger partial charge on any atom is 0.323 e. The van der Waals surface area contributed by atoms with E-state index in [1.54, 1.807) is 18.2 Å². The molecule has 1 fully saturated rings. The molecule has 0 bridgehead atoms. The number of unbranched alkanes of at least 4 members (excludes halogenated alkanes) is 1. The minimum absolute atomic E-state index is 0.00275. The molecule has 0 aliphatic carbocycles. The first-order chi connectivity index (χ1) is 20.4. The molecule has 0 atom stereocenters. The molecule has 43 heavy (non-hydrogen) atoms. The Morgan fingerprint density at radius 3 is 2.12 bits per heavy atom. The monoisotopic (exact) mass is 627 g/mol. The van der Waals surface area contributed by atoms with Crippen molar-refractivity contribution in [2.75, 3.05) is 43.4 Å². The molecule has 4 rings (SSSR count). The van der Waals surface area contributed by atoms with Gasteiger partial charge in [0.15, 0.2) is 0 Å². The number of rotatable bonds is 11. The fourth-order valence-electron chi connectivity index (χ4n) is 4.57. The zero-order chi connectivity index (χ0) is 31.0. The Kier molecular flexibility index (Phi) is 10.5. The molecule has 230 valence electrons. The number of piperazine rings is 1. The van der Waals surface area contributed by atoms with Crippen LogP contribution in [0, 0.1) is 5.41 Å². The zero-order valence-corrected chi connectivity index (χ0v) is 25.5. The molecule has 1 aliphatic rings. The van der Waals surface area contributed by atoms with E-state index in [1.807, 2.05) is 6.07 Å². The Hall–Kier alpha value is -3.82. The fraction of sp³-hybridized carbons (Fsp3) is 0.310. The van der Waals surface area contributed by atoms with E-state index in [-0.39, 0.29) is 16.3 Å². The van der Waals surface area contributed by atoms with Gasteiger partial charge in [-0.1, -0.05) is 37.6 Å². The highest BCUT2D eigenvalue weighted by atomic mass is 32.2. The van der Waals surface area contributed by atoms with Gasteiger partial charge >= 0.3 is 6.03 Å². The van der Waals surface area contributed by atoms with Gasteiger partial charge in [0, 0.05) is 49.7 Å². The van der Waals surface area contributed by atoms with E-state index in [2.05, 4.69) is 32.1 Å². The van der Waals surface area contributed by atoms with Crippen LogP contribution in [0.15, 0.2) is 82.6 Å². The number of nitrogens with zero attached hydrogens (tertiary/aromatic N) is 2. The number of anilines is 2. The van der Waals surface area contributed by atoms with Gasteiger partial charge in [-0.2, -0.15) is 0 Å². The normalized spacial score (nSPS) is 14.3. The highest BCUT2D eigenvalue weighted by molar-refractivity contribution is 7.89. The molecule has 1 saturated heterocycles. The van der Waals surface area contributed by atoms with Gasteiger partial charge in [0.05, 0.1) is 9.79 Å². The van der Waals surface area contributed by atoms with Gasteiger partial charge in [0.1, 0.15) is 5.84 Å². The molecule has 3 aromatic rings. The number of urea groups is 1. The van der Waals surface area contributed by atoms with Crippen molar-refractivity contribution in [1.82, 2.24) is 14.5 Å². The van der Waals surface area contributed by atoms with Crippen LogP contribution >= 0.6 is 0 Å². The second-order valence-corrected chi connectivity index (χ2v) is 13.6. The number of carbonyl (C=O) groups excluding carboxylic acids is 1. The lowest BCUT2D eigenvalue weighted by Crippen LogP contribution is -2.48. The molecule has 3 aromatic carbocycles. The van der Waals surface area contributed by atoms with Crippen molar-refractivity contribution in [1.29, 1.82) is 5.41 Å². The van der Waals surface area contributed by atoms with Crippen LogP contribution < -0.4 is 20.5 Å². The number of sulfonamides is 2. The average Bonchev–Trinajstić information content (AvgIpc) is 2.99. The largest absolute Gasteiger partial charge is 0.354 e. The SMILES string of the molecule is CCCCN1CCN(C(=N)c2cccc(NC(=O)Nc3ccc(S(=O)(=O)NCc4ccc(S(N)(=O)=O)cc4)cc3)c2)CC1. The van der Waals surface area contributed by atoms with E-state index in [4.69, 9.17) is 10.5 Å². The summed E-state index contributed by atoms with van der Waals surface area (Å²) in [4.78, 5) is 17.1. The molecule has 0 unspecified atom stereocenters. The summed E-state index contributed by atoms with van der Waals surface area (Å²) < 4.78 is 50.7. The fourth-order valence-corrected chi connectivity index (χ4v) is 6.11. The van der Waals surface area contributed by atoms with Crippen molar-refractivity contribution in [2.45, 2.75) is 36.1 Å². The Labute approximate surface area is 252 Å². The van der Waals surface area contributed by atoms with Crippen molar-refractivity contribution in [3.05, 3.63) is 83.9 Å². The molecule has 0 aromatic heterocycles. The van der Waals surface area contributed by atoms with Gasteiger partial charge in [0.2, 0.25) is 20.0 Å². The lowest BCUT2D eigenvalue weighted by molar-refractivity contribution is 0.180. The summed E-state index contributed by atoms with van der Waals surface area (Å²) in [6, 6.07) is 17.9. The van der Waals surface area contributed by atoms with E-state index in [1.165, 1.54) is 61.4 Å². The molecular weight excluding hydrogens is 590 g/mol. The number of primary sulfonamides is 1. The Morgan fingerprint density at radius 1 is 0.860 bits per heavy atom. The van der Waals surface area contributed by atoms with Gasteiger partial charge in [-0.05, 0) is 67.1 Å². The molecule has 14 heteroatoms. The van der Waals surface area contributed by atoms with Crippen molar-refractivity contribution in [3.63, 3.8) is 0 Å². The number of amidine groups is 1. The Balaban J connectivity index is 1.29. The van der Waals surface area contributed by atoms with Gasteiger partial charge in [-0.25, -0.2) is 31.5 Å². The molecular formula is C29H37N7O5S2. The van der Waals surface area contributed by atoms with Crippen LogP contribution in [-0.4, -0.2) is 71.2 Å². The quantitative estimate of drug-likeness (QED) is 0.160. The minimum atomic E-state index is -3.87. The predicted molar refractivity (Wildman–Crippen MR) is 167 cm³/mol. The summed E-state index contributed by atoms with van der Waals surface area (Å²) in [6.07, 6.45) is 2.35. The van der Waals surface area contributed by atoms with Crippen LogP contribution in [0.2, 0.25) is 0 Å². The number of hydrogen-bond donors (Lipinski definition) is 5. The Morgan fingerprint density at radius 2 is 1.49 bits per heavy atom. The van der Waals surface area contributed by atoms with E-state index < -0.39 is 26.1 Å². The summed E-state index contributed by atoms with van der Waals surface area (Å²) in [6.45, 7) is 6.65. The molecule has 1 heterocycles. The summed E-state index contributed by atoms with van der Waals surface area (Å²) in [5.74, 6) is 0.421. The molecule has 12 nitrogen and oxygen atoms in total. The van der Waals surface area contributed by atoms with E-state index >= 15 is 0 Å². The van der Waals surface area contributed by atoms with Crippen molar-refractivity contribution >= 4 is 43.3 Å². The van der Waals surface area contributed by atoms with Crippen LogP contribution in [0.3, 0.4) is 0 Å². The number of benzene rings is 3. The molecule has 0 radical (unpaired) electrons. The van der Waals surface area contributed by atoms with Gasteiger partial charge in [-0.3, -0.25) is 10.3 Å². The third-order valence-electron chi connectivity index (χ3n) is 7.05. The third-order valence-corrected chi connectivity index (χ3v) is 9.40. The molecule has 0 spiro atoms. The van der Waals surface area contributed by atoms with Crippen molar-refractivity contribution in [2.24, 2.45) is 5.14 Å². The number of amides is 2. The summed E-state index contributed by atoms with van der Waals surface area (Å²) >= 11 is 0. The molecule has 0 saturated carbocycles. The highest BCUT2D eigenvalue weighted by Crippen LogP contribution is 2.18. The number of nitrogens with two attached hydrogens (primary N) is 1. The third kappa shape index (κ3) is 9.08. The summed E-state index contributed by atoms with van der Waals surface area (Å²) in [5.41, 5.74) is 2.18. The highest BCUT2D eigenvalue weighted by Gasteiger charge is 2.20. The van der Waals surface area contributed by atoms with Crippen LogP contribution in [0.5, 0.6) is 0 Å². The zero-order valence-electron chi connectivity index (χ0n) is 23.9. The summed E-state index contributed by atoms with van der Waals surface area (Å²) in [5, 5.41) is 19.2. The van der Waals surface area contributed by atoms with Gasteiger partial charge in [0.25, 0.3) is 0 Å².